The Labute approximate surface area is 199 Å². The summed E-state index contributed by atoms with van der Waals surface area (Å²) in [7, 11) is 0. The quantitative estimate of drug-likeness (QED) is 0.378. The molecule has 174 valence electrons. The summed E-state index contributed by atoms with van der Waals surface area (Å²) < 4.78 is 11.0. The van der Waals surface area contributed by atoms with Gasteiger partial charge in [-0.15, -0.1) is 11.3 Å². The Morgan fingerprint density at radius 1 is 1.00 bits per heavy atom. The number of benzene rings is 2. The van der Waals surface area contributed by atoms with Crippen LogP contribution in [-0.2, 0) is 9.53 Å². The molecule has 0 atom stereocenters. The maximum Gasteiger partial charge on any atom is 0.341 e. The number of carbonyl (C=O) groups excluding carboxylic acids is 2. The van der Waals surface area contributed by atoms with Crippen LogP contribution in [0.15, 0.2) is 41.8 Å². The molecule has 1 heterocycles. The minimum Gasteiger partial charge on any atom is -0.484 e. The molecule has 0 spiro atoms. The molecule has 2 aromatic carbocycles. The van der Waals surface area contributed by atoms with Crippen molar-refractivity contribution in [3.8, 4) is 16.9 Å². The van der Waals surface area contributed by atoms with Crippen LogP contribution in [0.1, 0.15) is 59.3 Å². The normalized spacial score (nSPS) is 10.9. The molecular formula is C27H31NO4S. The van der Waals surface area contributed by atoms with Crippen molar-refractivity contribution in [2.24, 2.45) is 0 Å². The molecule has 3 rings (SSSR count). The number of aryl methyl sites for hydroxylation is 3. The van der Waals surface area contributed by atoms with Crippen LogP contribution in [0.2, 0.25) is 0 Å². The van der Waals surface area contributed by atoms with Crippen LogP contribution in [0.5, 0.6) is 5.75 Å². The Hall–Kier alpha value is -3.12. The highest BCUT2D eigenvalue weighted by Crippen LogP contribution is 2.38. The van der Waals surface area contributed by atoms with Gasteiger partial charge in [0, 0.05) is 10.9 Å². The average molecular weight is 466 g/mol. The molecule has 0 saturated carbocycles. The number of amides is 1. The molecule has 1 N–H and O–H groups in total. The van der Waals surface area contributed by atoms with Gasteiger partial charge in [-0.05, 0) is 68.0 Å². The van der Waals surface area contributed by atoms with E-state index in [1.165, 1.54) is 16.9 Å². The highest BCUT2D eigenvalue weighted by Gasteiger charge is 2.23. The molecule has 1 aromatic heterocycles. The number of ether oxygens (including phenoxy) is 2. The van der Waals surface area contributed by atoms with Crippen molar-refractivity contribution in [3.63, 3.8) is 0 Å². The first-order chi connectivity index (χ1) is 15.7. The zero-order valence-electron chi connectivity index (χ0n) is 20.1. The molecule has 0 aliphatic carbocycles. The Bertz CT molecular complexity index is 1160. The number of nitrogens with one attached hydrogen (secondary N) is 1. The molecule has 0 fully saturated rings. The van der Waals surface area contributed by atoms with Gasteiger partial charge in [-0.2, -0.15) is 0 Å². The molecule has 0 unspecified atom stereocenters. The van der Waals surface area contributed by atoms with Gasteiger partial charge in [-0.3, -0.25) is 4.79 Å². The van der Waals surface area contributed by atoms with Crippen LogP contribution in [0.3, 0.4) is 0 Å². The molecule has 0 bridgehead atoms. The van der Waals surface area contributed by atoms with Crippen molar-refractivity contribution < 1.29 is 19.1 Å². The Morgan fingerprint density at radius 3 is 2.39 bits per heavy atom. The van der Waals surface area contributed by atoms with Gasteiger partial charge in [0.1, 0.15) is 16.3 Å². The minimum absolute atomic E-state index is 0.153. The van der Waals surface area contributed by atoms with E-state index >= 15 is 0 Å². The summed E-state index contributed by atoms with van der Waals surface area (Å²) in [6, 6.07) is 11.9. The third kappa shape index (κ3) is 5.82. The van der Waals surface area contributed by atoms with Crippen molar-refractivity contribution in [1.82, 2.24) is 0 Å². The number of hydrogen-bond acceptors (Lipinski definition) is 5. The fourth-order valence-corrected chi connectivity index (χ4v) is 4.83. The summed E-state index contributed by atoms with van der Waals surface area (Å²) in [5, 5.41) is 5.18. The van der Waals surface area contributed by atoms with E-state index in [0.717, 1.165) is 27.8 Å². The standard InChI is InChI=1S/C27H31NO4S/c1-7-31-27(30)25-23(22-10-8-17(4)12-18(22)5)15-33-26(25)28-24(29)14-32-20-9-11-21(16(2)3)19(6)13-20/h8-13,15-16H,7,14H2,1-6H3,(H,28,29). The topological polar surface area (TPSA) is 64.6 Å². The summed E-state index contributed by atoms with van der Waals surface area (Å²) in [6.45, 7) is 12.2. The van der Waals surface area contributed by atoms with Crippen molar-refractivity contribution in [3.05, 3.63) is 69.6 Å². The third-order valence-electron chi connectivity index (χ3n) is 5.43. The monoisotopic (exact) mass is 465 g/mol. The first-order valence-corrected chi connectivity index (χ1v) is 12.0. The van der Waals surface area contributed by atoms with Crippen LogP contribution in [0.25, 0.3) is 11.1 Å². The van der Waals surface area contributed by atoms with Gasteiger partial charge in [0.15, 0.2) is 6.61 Å². The second-order valence-corrected chi connectivity index (χ2v) is 9.28. The van der Waals surface area contributed by atoms with Crippen LogP contribution in [0, 0.1) is 20.8 Å². The largest absolute Gasteiger partial charge is 0.484 e. The number of rotatable bonds is 8. The maximum absolute atomic E-state index is 12.8. The molecule has 3 aromatic rings. The Kier molecular flexibility index (Phi) is 7.92. The highest BCUT2D eigenvalue weighted by molar-refractivity contribution is 7.15. The van der Waals surface area contributed by atoms with Gasteiger partial charge in [0.05, 0.1) is 6.61 Å². The van der Waals surface area contributed by atoms with Gasteiger partial charge >= 0.3 is 5.97 Å². The second-order valence-electron chi connectivity index (χ2n) is 8.40. The molecule has 33 heavy (non-hydrogen) atoms. The lowest BCUT2D eigenvalue weighted by atomic mass is 9.97. The minimum atomic E-state index is -0.454. The molecule has 1 amide bonds. The summed E-state index contributed by atoms with van der Waals surface area (Å²) in [5.41, 5.74) is 6.65. The first-order valence-electron chi connectivity index (χ1n) is 11.1. The van der Waals surface area contributed by atoms with Crippen molar-refractivity contribution >= 4 is 28.2 Å². The van der Waals surface area contributed by atoms with Crippen molar-refractivity contribution in [2.45, 2.75) is 47.5 Å². The predicted octanol–water partition coefficient (Wildman–Crippen LogP) is 6.66. The zero-order valence-corrected chi connectivity index (χ0v) is 20.9. The molecule has 0 radical (unpaired) electrons. The third-order valence-corrected chi connectivity index (χ3v) is 6.32. The molecule has 0 aliphatic rings. The van der Waals surface area contributed by atoms with E-state index in [1.54, 1.807) is 6.92 Å². The molecule has 0 saturated heterocycles. The fraction of sp³-hybridized carbons (Fsp3) is 0.333. The van der Waals surface area contributed by atoms with Crippen molar-refractivity contribution in [2.75, 3.05) is 18.5 Å². The van der Waals surface area contributed by atoms with E-state index in [-0.39, 0.29) is 19.1 Å². The summed E-state index contributed by atoms with van der Waals surface area (Å²) in [4.78, 5) is 25.4. The smallest absolute Gasteiger partial charge is 0.341 e. The average Bonchev–Trinajstić information content (AvgIpc) is 3.15. The van der Waals surface area contributed by atoms with Crippen LogP contribution in [-0.4, -0.2) is 25.1 Å². The maximum atomic E-state index is 12.8. The number of hydrogen-bond donors (Lipinski definition) is 1. The predicted molar refractivity (Wildman–Crippen MR) is 135 cm³/mol. The van der Waals surface area contributed by atoms with Gasteiger partial charge in [-0.25, -0.2) is 4.79 Å². The lowest BCUT2D eigenvalue weighted by molar-refractivity contribution is -0.118. The fourth-order valence-electron chi connectivity index (χ4n) is 3.87. The van der Waals surface area contributed by atoms with Crippen LogP contribution >= 0.6 is 11.3 Å². The van der Waals surface area contributed by atoms with E-state index in [0.29, 0.717) is 22.2 Å². The van der Waals surface area contributed by atoms with E-state index in [2.05, 4.69) is 25.2 Å². The van der Waals surface area contributed by atoms with Crippen LogP contribution < -0.4 is 10.1 Å². The van der Waals surface area contributed by atoms with Gasteiger partial charge in [-0.1, -0.05) is 43.7 Å². The number of thiophene rings is 1. The first kappa shape index (κ1) is 24.5. The van der Waals surface area contributed by atoms with Gasteiger partial charge in [0.25, 0.3) is 5.91 Å². The number of anilines is 1. The lowest BCUT2D eigenvalue weighted by Crippen LogP contribution is -2.21. The lowest BCUT2D eigenvalue weighted by Gasteiger charge is -2.13. The summed E-state index contributed by atoms with van der Waals surface area (Å²) >= 11 is 1.31. The van der Waals surface area contributed by atoms with Gasteiger partial charge < -0.3 is 14.8 Å². The SMILES string of the molecule is CCOC(=O)c1c(-c2ccc(C)cc2C)csc1NC(=O)COc1ccc(C(C)C)c(C)c1. The highest BCUT2D eigenvalue weighted by atomic mass is 32.1. The van der Waals surface area contributed by atoms with E-state index < -0.39 is 5.97 Å². The molecular weight excluding hydrogens is 434 g/mol. The summed E-state index contributed by atoms with van der Waals surface area (Å²) in [5.74, 6) is 0.277. The number of esters is 1. The van der Waals surface area contributed by atoms with Crippen LogP contribution in [0.4, 0.5) is 5.00 Å². The Morgan fingerprint density at radius 2 is 1.76 bits per heavy atom. The molecule has 5 nitrogen and oxygen atoms in total. The van der Waals surface area contributed by atoms with Gasteiger partial charge in [0.2, 0.25) is 0 Å². The molecule has 0 aliphatic heterocycles. The summed E-state index contributed by atoms with van der Waals surface area (Å²) in [6.07, 6.45) is 0. The zero-order chi connectivity index (χ0) is 24.1. The second kappa shape index (κ2) is 10.7. The molecule has 6 heteroatoms. The van der Waals surface area contributed by atoms with E-state index in [4.69, 9.17) is 9.47 Å². The van der Waals surface area contributed by atoms with Crippen molar-refractivity contribution in [1.29, 1.82) is 0 Å². The van der Waals surface area contributed by atoms with E-state index in [9.17, 15) is 9.59 Å². The Balaban J connectivity index is 1.80. The number of carbonyl (C=O) groups is 2. The van der Waals surface area contributed by atoms with E-state index in [1.807, 2.05) is 56.5 Å².